The van der Waals surface area contributed by atoms with Gasteiger partial charge in [0.05, 0.1) is 24.2 Å². The third-order valence-electron chi connectivity index (χ3n) is 6.29. The van der Waals surface area contributed by atoms with Crippen LogP contribution in [0.5, 0.6) is 5.75 Å². The highest BCUT2D eigenvalue weighted by Crippen LogP contribution is 2.49. The van der Waals surface area contributed by atoms with Gasteiger partial charge in [0.25, 0.3) is 0 Å². The van der Waals surface area contributed by atoms with Crippen molar-refractivity contribution in [1.82, 2.24) is 0 Å². The minimum atomic E-state index is -0.676. The molecule has 4 nitrogen and oxygen atoms in total. The molecule has 2 bridgehead atoms. The molecule has 1 unspecified atom stereocenters. The Bertz CT molecular complexity index is 627. The van der Waals surface area contributed by atoms with E-state index in [2.05, 4.69) is 10.3 Å². The SMILES string of the molecule is COc1ccc2c(c1)NC(O)C(CCCCCC1CC3CC(C1)C3)=N2. The van der Waals surface area contributed by atoms with Crippen LogP contribution in [0, 0.1) is 17.8 Å². The Morgan fingerprint density at radius 1 is 1.12 bits per heavy atom. The van der Waals surface area contributed by atoms with Crippen LogP contribution in [0.2, 0.25) is 0 Å². The summed E-state index contributed by atoms with van der Waals surface area (Å²) in [6.07, 6.45) is 11.3. The van der Waals surface area contributed by atoms with Crippen LogP contribution >= 0.6 is 0 Å². The summed E-state index contributed by atoms with van der Waals surface area (Å²) in [4.78, 5) is 4.65. The average Bonchev–Trinajstić information content (AvgIpc) is 2.60. The molecule has 4 heteroatoms. The summed E-state index contributed by atoms with van der Waals surface area (Å²) in [7, 11) is 1.64. The van der Waals surface area contributed by atoms with E-state index in [0.717, 1.165) is 53.4 Å². The van der Waals surface area contributed by atoms with E-state index in [1.807, 2.05) is 18.2 Å². The lowest BCUT2D eigenvalue weighted by atomic mass is 9.60. The fourth-order valence-corrected chi connectivity index (χ4v) is 4.94. The summed E-state index contributed by atoms with van der Waals surface area (Å²) >= 11 is 0. The fraction of sp³-hybridized carbons (Fsp3) is 0.667. The van der Waals surface area contributed by atoms with Gasteiger partial charge in [0.15, 0.2) is 6.23 Å². The van der Waals surface area contributed by atoms with Gasteiger partial charge in [-0.15, -0.1) is 0 Å². The molecule has 3 saturated carbocycles. The van der Waals surface area contributed by atoms with E-state index in [1.165, 1.54) is 44.9 Å². The maximum absolute atomic E-state index is 10.3. The lowest BCUT2D eigenvalue weighted by molar-refractivity contribution is 0.0624. The van der Waals surface area contributed by atoms with Crippen LogP contribution in [0.15, 0.2) is 23.2 Å². The van der Waals surface area contributed by atoms with Crippen molar-refractivity contribution in [3.8, 4) is 5.75 Å². The smallest absolute Gasteiger partial charge is 0.164 e. The first-order chi connectivity index (χ1) is 12.2. The zero-order valence-electron chi connectivity index (χ0n) is 15.2. The molecule has 1 aromatic rings. The molecular weight excluding hydrogens is 312 g/mol. The number of hydrogen-bond donors (Lipinski definition) is 2. The number of anilines is 1. The van der Waals surface area contributed by atoms with Crippen molar-refractivity contribution in [2.45, 2.75) is 64.0 Å². The van der Waals surface area contributed by atoms with Crippen LogP contribution < -0.4 is 10.1 Å². The van der Waals surface area contributed by atoms with Crippen LogP contribution in [0.3, 0.4) is 0 Å². The second-order valence-corrected chi connectivity index (χ2v) is 8.17. The molecule has 1 aliphatic heterocycles. The Morgan fingerprint density at radius 2 is 1.92 bits per heavy atom. The van der Waals surface area contributed by atoms with Crippen molar-refractivity contribution in [1.29, 1.82) is 0 Å². The van der Waals surface area contributed by atoms with Gasteiger partial charge in [0.1, 0.15) is 5.75 Å². The zero-order valence-corrected chi connectivity index (χ0v) is 15.2. The molecule has 3 aliphatic carbocycles. The van der Waals surface area contributed by atoms with Crippen molar-refractivity contribution in [3.05, 3.63) is 18.2 Å². The van der Waals surface area contributed by atoms with E-state index in [4.69, 9.17) is 4.74 Å². The van der Waals surface area contributed by atoms with Crippen molar-refractivity contribution in [2.24, 2.45) is 22.7 Å². The number of aliphatic imine (C=N–C) groups is 1. The van der Waals surface area contributed by atoms with E-state index in [1.54, 1.807) is 7.11 Å². The van der Waals surface area contributed by atoms with E-state index in [9.17, 15) is 5.11 Å². The number of ether oxygens (including phenoxy) is 1. The van der Waals surface area contributed by atoms with Crippen molar-refractivity contribution in [3.63, 3.8) is 0 Å². The number of nitrogens with zero attached hydrogens (tertiary/aromatic N) is 1. The van der Waals surface area contributed by atoms with Gasteiger partial charge >= 0.3 is 0 Å². The standard InChI is InChI=1S/C21H30N2O2/c1-25-17-7-8-18-20(13-17)23-21(24)19(22-18)6-4-2-3-5-14-9-15-11-16(10-14)12-15/h7-8,13-16,21,23-24H,2-6,9-12H2,1H3. The molecule has 1 heterocycles. The lowest BCUT2D eigenvalue weighted by Gasteiger charge is -2.45. The summed E-state index contributed by atoms with van der Waals surface area (Å²) in [5.74, 6) is 3.91. The molecule has 0 aromatic heterocycles. The fourth-order valence-electron chi connectivity index (χ4n) is 4.94. The van der Waals surface area contributed by atoms with E-state index < -0.39 is 6.23 Å². The first-order valence-corrected chi connectivity index (χ1v) is 9.91. The van der Waals surface area contributed by atoms with Gasteiger partial charge in [-0.1, -0.05) is 19.3 Å². The predicted octanol–water partition coefficient (Wildman–Crippen LogP) is 4.90. The number of fused-ring (bicyclic) bond motifs is 3. The van der Waals surface area contributed by atoms with Crippen molar-refractivity contribution in [2.75, 3.05) is 12.4 Å². The molecule has 1 aromatic carbocycles. The number of methoxy groups -OCH3 is 1. The lowest BCUT2D eigenvalue weighted by Crippen LogP contribution is -2.33. The number of hydrogen-bond acceptors (Lipinski definition) is 4. The number of aliphatic hydroxyl groups excluding tert-OH is 1. The van der Waals surface area contributed by atoms with Gasteiger partial charge in [0, 0.05) is 6.07 Å². The molecule has 1 atom stereocenters. The van der Waals surface area contributed by atoms with Gasteiger partial charge in [-0.2, -0.15) is 0 Å². The molecule has 0 spiro atoms. The highest BCUT2D eigenvalue weighted by Gasteiger charge is 2.37. The summed E-state index contributed by atoms with van der Waals surface area (Å²) in [6.45, 7) is 0. The molecule has 4 aliphatic rings. The molecule has 25 heavy (non-hydrogen) atoms. The van der Waals surface area contributed by atoms with E-state index in [-0.39, 0.29) is 0 Å². The number of unbranched alkanes of at least 4 members (excludes halogenated alkanes) is 2. The van der Waals surface area contributed by atoms with Crippen molar-refractivity contribution < 1.29 is 9.84 Å². The van der Waals surface area contributed by atoms with Gasteiger partial charge in [-0.25, -0.2) is 0 Å². The number of benzene rings is 1. The minimum absolute atomic E-state index is 0.676. The summed E-state index contributed by atoms with van der Waals surface area (Å²) in [5.41, 5.74) is 2.59. The molecule has 0 saturated heterocycles. The van der Waals surface area contributed by atoms with Crippen LogP contribution in [0.1, 0.15) is 57.8 Å². The van der Waals surface area contributed by atoms with Crippen LogP contribution in [0.25, 0.3) is 0 Å². The monoisotopic (exact) mass is 342 g/mol. The normalized spacial score (nSPS) is 29.9. The molecular formula is C21H30N2O2. The Balaban J connectivity index is 1.22. The number of rotatable bonds is 7. The molecule has 3 fully saturated rings. The topological polar surface area (TPSA) is 53.8 Å². The zero-order chi connectivity index (χ0) is 17.2. The van der Waals surface area contributed by atoms with Gasteiger partial charge < -0.3 is 15.2 Å². The Morgan fingerprint density at radius 3 is 2.68 bits per heavy atom. The molecule has 2 N–H and O–H groups in total. The van der Waals surface area contributed by atoms with Gasteiger partial charge in [-0.3, -0.25) is 4.99 Å². The first kappa shape index (κ1) is 16.9. The molecule has 5 rings (SSSR count). The third-order valence-corrected chi connectivity index (χ3v) is 6.29. The number of aliphatic hydroxyl groups is 1. The van der Waals surface area contributed by atoms with E-state index >= 15 is 0 Å². The van der Waals surface area contributed by atoms with E-state index in [0.29, 0.717) is 0 Å². The van der Waals surface area contributed by atoms with Crippen LogP contribution in [-0.4, -0.2) is 24.2 Å². The quantitative estimate of drug-likeness (QED) is 0.693. The highest BCUT2D eigenvalue weighted by molar-refractivity contribution is 5.97. The van der Waals surface area contributed by atoms with Crippen LogP contribution in [-0.2, 0) is 0 Å². The Hall–Kier alpha value is -1.55. The largest absolute Gasteiger partial charge is 0.497 e. The van der Waals surface area contributed by atoms with Gasteiger partial charge in [-0.05, 0) is 68.4 Å². The maximum atomic E-state index is 10.3. The van der Waals surface area contributed by atoms with Crippen LogP contribution in [0.4, 0.5) is 11.4 Å². The van der Waals surface area contributed by atoms with Crippen molar-refractivity contribution >= 4 is 17.1 Å². The Labute approximate surface area is 150 Å². The first-order valence-electron chi connectivity index (χ1n) is 9.91. The maximum Gasteiger partial charge on any atom is 0.164 e. The Kier molecular flexibility index (Phi) is 4.98. The predicted molar refractivity (Wildman–Crippen MR) is 102 cm³/mol. The average molecular weight is 342 g/mol. The summed E-state index contributed by atoms with van der Waals surface area (Å²) < 4.78 is 5.22. The summed E-state index contributed by atoms with van der Waals surface area (Å²) in [5, 5.41) is 13.4. The van der Waals surface area contributed by atoms with Gasteiger partial charge in [0.2, 0.25) is 0 Å². The number of nitrogens with one attached hydrogen (secondary N) is 1. The minimum Gasteiger partial charge on any atom is -0.497 e. The highest BCUT2D eigenvalue weighted by atomic mass is 16.5. The second-order valence-electron chi connectivity index (χ2n) is 8.17. The second kappa shape index (κ2) is 7.36. The summed E-state index contributed by atoms with van der Waals surface area (Å²) in [6, 6.07) is 5.74. The molecule has 0 radical (unpaired) electrons. The molecule has 136 valence electrons. The third kappa shape index (κ3) is 3.84. The molecule has 0 amide bonds.